The van der Waals surface area contributed by atoms with Gasteiger partial charge in [-0.3, -0.25) is 0 Å². The van der Waals surface area contributed by atoms with Gasteiger partial charge in [-0.2, -0.15) is 0 Å². The average molecular weight is 383 g/mol. The minimum atomic E-state index is -3.65. The van der Waals surface area contributed by atoms with Crippen LogP contribution in [-0.2, 0) is 34.1 Å². The van der Waals surface area contributed by atoms with Gasteiger partial charge in [-0.1, -0.05) is 0 Å². The fraction of sp³-hybridized carbons (Fsp3) is 1.00. The van der Waals surface area contributed by atoms with Crippen LogP contribution in [0.3, 0.4) is 0 Å². The molecule has 0 heterocycles. The maximum absolute atomic E-state index is 5.88. The quantitative estimate of drug-likeness (QED) is 0.232. The normalized spacial score (nSPS) is 12.0. The molecular weight excluding hydrogens is 347 g/mol. The summed E-state index contributed by atoms with van der Waals surface area (Å²) < 4.78 is 44.8. The molecule has 0 rings (SSSR count). The van der Waals surface area contributed by atoms with Crippen LogP contribution >= 0.6 is 0 Å². The van der Waals surface area contributed by atoms with E-state index < -0.39 is 14.4 Å². The number of hydrogen-bond donors (Lipinski definition) is 0. The summed E-state index contributed by atoms with van der Waals surface area (Å²) in [4.78, 5) is 0. The van der Waals surface area contributed by atoms with E-state index in [-0.39, 0.29) is 0 Å². The van der Waals surface area contributed by atoms with Crippen LogP contribution in [0.25, 0.3) is 0 Å². The van der Waals surface area contributed by atoms with E-state index in [0.29, 0.717) is 79.3 Å². The molecule has 0 saturated carbocycles. The van der Waals surface area contributed by atoms with E-state index in [4.69, 9.17) is 34.1 Å². The third-order valence-corrected chi connectivity index (χ3v) is 5.59. The summed E-state index contributed by atoms with van der Waals surface area (Å²) >= 11 is -3.65. The maximum Gasteiger partial charge on any atom is 0.875 e. The Bertz CT molecular complexity index is 217. The van der Waals surface area contributed by atoms with Crippen molar-refractivity contribution in [2.45, 2.75) is 27.7 Å². The molecule has 9 heteroatoms. The lowest BCUT2D eigenvalue weighted by atomic mass is 10.7. The molecule has 0 aliphatic heterocycles. The van der Waals surface area contributed by atoms with Gasteiger partial charge in [-0.25, -0.2) is 0 Å². The Labute approximate surface area is 156 Å². The highest BCUT2D eigenvalue weighted by atomic mass is 27.3. The molecule has 0 atom stereocenters. The molecule has 0 aromatic rings. The molecule has 0 saturated heterocycles. The zero-order valence-corrected chi connectivity index (χ0v) is 17.5. The molecule has 25 heavy (non-hydrogen) atoms. The Morgan fingerprint density at radius 3 is 0.840 bits per heavy atom. The zero-order valence-electron chi connectivity index (χ0n) is 16.3. The minimum absolute atomic E-state index is 0.344. The van der Waals surface area contributed by atoms with Crippen LogP contribution in [0.15, 0.2) is 0 Å². The summed E-state index contributed by atoms with van der Waals surface area (Å²) in [6.45, 7) is 13.4. The summed E-state index contributed by atoms with van der Waals surface area (Å²) in [6.07, 6.45) is 0. The van der Waals surface area contributed by atoms with E-state index in [1.54, 1.807) is 0 Å². The van der Waals surface area contributed by atoms with Crippen molar-refractivity contribution < 1.29 is 34.1 Å². The van der Waals surface area contributed by atoms with E-state index in [0.717, 1.165) is 0 Å². The van der Waals surface area contributed by atoms with Crippen molar-refractivity contribution in [2.75, 3.05) is 79.3 Å². The average Bonchev–Trinajstić information content (AvgIpc) is 2.63. The Morgan fingerprint density at radius 1 is 0.400 bits per heavy atom. The Morgan fingerprint density at radius 2 is 0.640 bits per heavy atom. The van der Waals surface area contributed by atoms with Gasteiger partial charge in [0.1, 0.15) is 0 Å². The molecule has 0 aliphatic rings. The largest absolute Gasteiger partial charge is 0.875 e. The third kappa shape index (κ3) is 15.0. The molecule has 0 N–H and O–H groups in total. The van der Waals surface area contributed by atoms with Crippen molar-refractivity contribution in [3.8, 4) is 0 Å². The fourth-order valence-corrected chi connectivity index (χ4v) is 3.99. The topological polar surface area (TPSA) is 73.8 Å². The van der Waals surface area contributed by atoms with Crippen LogP contribution in [-0.4, -0.2) is 93.7 Å². The molecule has 0 spiro atoms. The molecule has 8 nitrogen and oxygen atoms in total. The van der Waals surface area contributed by atoms with Crippen LogP contribution in [0.1, 0.15) is 27.7 Å². The smallest absolute Gasteiger partial charge is 0.585 e. The number of hydrogen-bond acceptors (Lipinski definition) is 8. The second kappa shape index (κ2) is 19.0. The zero-order chi connectivity index (χ0) is 18.6. The Balaban J connectivity index is 4.62. The van der Waals surface area contributed by atoms with E-state index in [1.165, 1.54) is 0 Å². The second-order valence-corrected chi connectivity index (χ2v) is 7.34. The van der Waals surface area contributed by atoms with E-state index in [2.05, 4.69) is 0 Å². The maximum atomic E-state index is 5.88. The molecule has 0 aliphatic carbocycles. The molecule has 0 amide bonds. The van der Waals surface area contributed by atoms with Gasteiger partial charge in [0.15, 0.2) is 0 Å². The molecule has 152 valence electrons. The van der Waals surface area contributed by atoms with E-state index in [1.807, 2.05) is 27.7 Å². The predicted molar refractivity (Wildman–Crippen MR) is 95.5 cm³/mol. The van der Waals surface area contributed by atoms with Gasteiger partial charge in [0.25, 0.3) is 0 Å². The predicted octanol–water partition coefficient (Wildman–Crippen LogP) is 1.63. The summed E-state index contributed by atoms with van der Waals surface area (Å²) in [6, 6.07) is 0. The third-order valence-electron chi connectivity index (χ3n) is 3.02. The fourth-order valence-electron chi connectivity index (χ4n) is 1.87. The molecule has 0 unspecified atom stereocenters. The first-order valence-corrected chi connectivity index (χ1v) is 11.1. The number of rotatable bonds is 20. The summed E-state index contributed by atoms with van der Waals surface area (Å²) in [5.41, 5.74) is 0. The second-order valence-electron chi connectivity index (χ2n) is 4.85. The molecule has 0 radical (unpaired) electrons. The van der Waals surface area contributed by atoms with Gasteiger partial charge in [-0.05, 0) is 27.7 Å². The van der Waals surface area contributed by atoms with Crippen LogP contribution in [0.4, 0.5) is 0 Å². The first kappa shape index (κ1) is 25.2. The summed E-state index contributed by atoms with van der Waals surface area (Å²) in [7, 11) is 0. The van der Waals surface area contributed by atoms with Crippen molar-refractivity contribution in [1.82, 2.24) is 0 Å². The monoisotopic (exact) mass is 383 g/mol. The SMILES string of the molecule is CCOCC[O][Al-]([O]CCOCC)([O]CCOCC)[O]CCOCC. The van der Waals surface area contributed by atoms with Gasteiger partial charge in [-0.15, -0.1) is 0 Å². The van der Waals surface area contributed by atoms with Gasteiger partial charge in [0.2, 0.25) is 0 Å². The van der Waals surface area contributed by atoms with Crippen LogP contribution < -0.4 is 0 Å². The molecular formula is C16H36AlO8-. The van der Waals surface area contributed by atoms with Crippen molar-refractivity contribution in [3.05, 3.63) is 0 Å². The van der Waals surface area contributed by atoms with Crippen molar-refractivity contribution >= 4 is 14.4 Å². The van der Waals surface area contributed by atoms with Crippen molar-refractivity contribution in [2.24, 2.45) is 0 Å². The van der Waals surface area contributed by atoms with Gasteiger partial charge in [0, 0.05) is 52.9 Å². The minimum Gasteiger partial charge on any atom is -0.585 e. The first-order chi connectivity index (χ1) is 12.2. The van der Waals surface area contributed by atoms with Gasteiger partial charge >= 0.3 is 14.4 Å². The van der Waals surface area contributed by atoms with Crippen molar-refractivity contribution in [1.29, 1.82) is 0 Å². The summed E-state index contributed by atoms with van der Waals surface area (Å²) in [5.74, 6) is 0. The lowest BCUT2D eigenvalue weighted by molar-refractivity contribution is -0.0674. The standard InChI is InChI=1S/4C4H9O2.Al/c4*1-2-6-4-3-5;/h4*2-4H2,1H3;/q4*-1;+3. The van der Waals surface area contributed by atoms with Gasteiger partial charge < -0.3 is 34.1 Å². The highest BCUT2D eigenvalue weighted by molar-refractivity contribution is 6.53. The van der Waals surface area contributed by atoms with Crippen LogP contribution in [0.5, 0.6) is 0 Å². The van der Waals surface area contributed by atoms with Crippen molar-refractivity contribution in [3.63, 3.8) is 0 Å². The highest BCUT2D eigenvalue weighted by Crippen LogP contribution is 2.12. The first-order valence-electron chi connectivity index (χ1n) is 9.24. The lowest BCUT2D eigenvalue weighted by Gasteiger charge is -2.37. The molecule has 0 bridgehead atoms. The molecule has 0 fully saturated rings. The van der Waals surface area contributed by atoms with Crippen LogP contribution in [0.2, 0.25) is 0 Å². The molecule has 0 aromatic heterocycles. The van der Waals surface area contributed by atoms with E-state index >= 15 is 0 Å². The Hall–Kier alpha value is 0.212. The lowest BCUT2D eigenvalue weighted by Crippen LogP contribution is -2.51. The van der Waals surface area contributed by atoms with E-state index in [9.17, 15) is 0 Å². The Kier molecular flexibility index (Phi) is 19.1. The summed E-state index contributed by atoms with van der Waals surface area (Å²) in [5, 5.41) is 0. The van der Waals surface area contributed by atoms with Gasteiger partial charge in [0.05, 0.1) is 26.4 Å². The molecule has 0 aromatic carbocycles. The van der Waals surface area contributed by atoms with Crippen LogP contribution in [0, 0.1) is 0 Å². The highest BCUT2D eigenvalue weighted by Gasteiger charge is 2.46. The number of ether oxygens (including phenoxy) is 4.